The Morgan fingerprint density at radius 1 is 1.12 bits per heavy atom. The highest BCUT2D eigenvalue weighted by Gasteiger charge is 2.06. The van der Waals surface area contributed by atoms with E-state index in [1.54, 1.807) is 11.3 Å². The highest BCUT2D eigenvalue weighted by atomic mass is 35.5. The predicted octanol–water partition coefficient (Wildman–Crippen LogP) is 5.92. The van der Waals surface area contributed by atoms with Crippen LogP contribution in [0.4, 0.5) is 0 Å². The molecule has 0 saturated heterocycles. The standard InChI is InChI=1S/C21H23ClN2S/c1-15(2)17-6-8-18(9-7-17)20-13-24-21(25-20)14-23-11-10-16-4-3-5-19(22)12-16/h3-9,12-13,15,23H,10-11,14H2,1-2H3. The third-order valence-corrected chi connectivity index (χ3v) is 5.45. The lowest BCUT2D eigenvalue weighted by Crippen LogP contribution is -2.16. The summed E-state index contributed by atoms with van der Waals surface area (Å²) in [6.07, 6.45) is 2.94. The summed E-state index contributed by atoms with van der Waals surface area (Å²) in [7, 11) is 0. The van der Waals surface area contributed by atoms with Gasteiger partial charge in [0.25, 0.3) is 0 Å². The molecule has 0 aliphatic heterocycles. The number of halogens is 1. The molecule has 25 heavy (non-hydrogen) atoms. The van der Waals surface area contributed by atoms with Gasteiger partial charge in [-0.25, -0.2) is 4.98 Å². The first-order chi connectivity index (χ1) is 12.1. The van der Waals surface area contributed by atoms with Crippen molar-refractivity contribution in [1.82, 2.24) is 10.3 Å². The first kappa shape index (κ1) is 18.1. The van der Waals surface area contributed by atoms with E-state index in [-0.39, 0.29) is 0 Å². The average Bonchev–Trinajstić information content (AvgIpc) is 3.08. The van der Waals surface area contributed by atoms with Crippen LogP contribution in [0.2, 0.25) is 5.02 Å². The minimum Gasteiger partial charge on any atom is -0.310 e. The number of thiazole rings is 1. The first-order valence-corrected chi connectivity index (χ1v) is 9.81. The van der Waals surface area contributed by atoms with Crippen LogP contribution in [0, 0.1) is 0 Å². The quantitative estimate of drug-likeness (QED) is 0.522. The second-order valence-corrected chi connectivity index (χ2v) is 8.00. The summed E-state index contributed by atoms with van der Waals surface area (Å²) in [5.41, 5.74) is 3.87. The van der Waals surface area contributed by atoms with Crippen molar-refractivity contribution < 1.29 is 0 Å². The van der Waals surface area contributed by atoms with Gasteiger partial charge in [-0.3, -0.25) is 0 Å². The van der Waals surface area contributed by atoms with E-state index in [0.29, 0.717) is 5.92 Å². The minimum absolute atomic E-state index is 0.565. The lowest BCUT2D eigenvalue weighted by molar-refractivity contribution is 0.684. The number of hydrogen-bond acceptors (Lipinski definition) is 3. The van der Waals surface area contributed by atoms with Crippen LogP contribution in [-0.2, 0) is 13.0 Å². The molecule has 1 aromatic heterocycles. The summed E-state index contributed by atoms with van der Waals surface area (Å²) in [5.74, 6) is 0.565. The monoisotopic (exact) mass is 370 g/mol. The Morgan fingerprint density at radius 3 is 2.64 bits per heavy atom. The zero-order chi connectivity index (χ0) is 17.6. The molecule has 0 amide bonds. The molecule has 4 heteroatoms. The van der Waals surface area contributed by atoms with Crippen LogP contribution in [0.25, 0.3) is 10.4 Å². The van der Waals surface area contributed by atoms with Crippen LogP contribution >= 0.6 is 22.9 Å². The van der Waals surface area contributed by atoms with Gasteiger partial charge in [-0.15, -0.1) is 11.3 Å². The molecule has 0 aliphatic carbocycles. The second kappa shape index (κ2) is 8.61. The molecule has 0 saturated carbocycles. The van der Waals surface area contributed by atoms with Crippen LogP contribution in [0.5, 0.6) is 0 Å². The third kappa shape index (κ3) is 5.15. The molecule has 0 spiro atoms. The van der Waals surface area contributed by atoms with Crippen LogP contribution in [-0.4, -0.2) is 11.5 Å². The SMILES string of the molecule is CC(C)c1ccc(-c2cnc(CNCCc3cccc(Cl)c3)s2)cc1. The summed E-state index contributed by atoms with van der Waals surface area (Å²) in [4.78, 5) is 5.77. The van der Waals surface area contributed by atoms with Crippen molar-refractivity contribution in [3.05, 3.63) is 75.9 Å². The van der Waals surface area contributed by atoms with Crippen molar-refractivity contribution in [2.45, 2.75) is 32.7 Å². The number of benzene rings is 2. The molecule has 3 aromatic rings. The van der Waals surface area contributed by atoms with Crippen molar-refractivity contribution >= 4 is 22.9 Å². The molecule has 0 bridgehead atoms. The molecule has 0 atom stereocenters. The van der Waals surface area contributed by atoms with E-state index in [0.717, 1.165) is 29.5 Å². The lowest BCUT2D eigenvalue weighted by atomic mass is 10.0. The Kier molecular flexibility index (Phi) is 6.24. The summed E-state index contributed by atoms with van der Waals surface area (Å²) in [5, 5.41) is 5.38. The van der Waals surface area contributed by atoms with E-state index in [1.165, 1.54) is 21.6 Å². The number of aromatic nitrogens is 1. The highest BCUT2D eigenvalue weighted by Crippen LogP contribution is 2.27. The molecule has 0 unspecified atom stereocenters. The molecule has 2 nitrogen and oxygen atoms in total. The first-order valence-electron chi connectivity index (χ1n) is 8.62. The summed E-state index contributed by atoms with van der Waals surface area (Å²) in [6.45, 7) is 6.15. The highest BCUT2D eigenvalue weighted by molar-refractivity contribution is 7.15. The van der Waals surface area contributed by atoms with Gasteiger partial charge in [-0.1, -0.05) is 61.8 Å². The van der Waals surface area contributed by atoms with Crippen molar-refractivity contribution in [2.75, 3.05) is 6.54 Å². The molecule has 0 radical (unpaired) electrons. The summed E-state index contributed by atoms with van der Waals surface area (Å²) < 4.78 is 0. The molecule has 1 N–H and O–H groups in total. The fraction of sp³-hybridized carbons (Fsp3) is 0.286. The molecular weight excluding hydrogens is 348 g/mol. The Bertz CT molecular complexity index is 809. The van der Waals surface area contributed by atoms with Crippen molar-refractivity contribution in [3.8, 4) is 10.4 Å². The topological polar surface area (TPSA) is 24.9 Å². The molecule has 3 rings (SSSR count). The fourth-order valence-corrected chi connectivity index (χ4v) is 3.78. The number of nitrogens with one attached hydrogen (secondary N) is 1. The lowest BCUT2D eigenvalue weighted by Gasteiger charge is -2.05. The smallest absolute Gasteiger partial charge is 0.107 e. The third-order valence-electron chi connectivity index (χ3n) is 4.17. The van der Waals surface area contributed by atoms with E-state index in [2.05, 4.69) is 54.5 Å². The van der Waals surface area contributed by atoms with Gasteiger partial charge in [0.15, 0.2) is 0 Å². The van der Waals surface area contributed by atoms with Gasteiger partial charge in [0.2, 0.25) is 0 Å². The molecule has 130 valence electrons. The molecule has 1 heterocycles. The van der Waals surface area contributed by atoms with E-state index >= 15 is 0 Å². The van der Waals surface area contributed by atoms with Gasteiger partial charge in [-0.05, 0) is 47.7 Å². The van der Waals surface area contributed by atoms with Gasteiger partial charge >= 0.3 is 0 Å². The van der Waals surface area contributed by atoms with Crippen molar-refractivity contribution in [3.63, 3.8) is 0 Å². The summed E-state index contributed by atoms with van der Waals surface area (Å²) >= 11 is 7.77. The fourth-order valence-electron chi connectivity index (χ4n) is 2.68. The Balaban J connectivity index is 1.51. The van der Waals surface area contributed by atoms with E-state index in [1.807, 2.05) is 24.4 Å². The van der Waals surface area contributed by atoms with E-state index in [9.17, 15) is 0 Å². The molecule has 0 fully saturated rings. The molecular formula is C21H23ClN2S. The predicted molar refractivity (Wildman–Crippen MR) is 109 cm³/mol. The van der Waals surface area contributed by atoms with Crippen molar-refractivity contribution in [2.24, 2.45) is 0 Å². The van der Waals surface area contributed by atoms with Gasteiger partial charge in [-0.2, -0.15) is 0 Å². The largest absolute Gasteiger partial charge is 0.310 e. The maximum absolute atomic E-state index is 6.01. The van der Waals surface area contributed by atoms with E-state index < -0.39 is 0 Å². The van der Waals surface area contributed by atoms with Gasteiger partial charge in [0.1, 0.15) is 5.01 Å². The number of rotatable bonds is 7. The van der Waals surface area contributed by atoms with Crippen molar-refractivity contribution in [1.29, 1.82) is 0 Å². The molecule has 2 aromatic carbocycles. The van der Waals surface area contributed by atoms with Gasteiger partial charge in [0, 0.05) is 17.8 Å². The van der Waals surface area contributed by atoms with Gasteiger partial charge < -0.3 is 5.32 Å². The Morgan fingerprint density at radius 2 is 1.92 bits per heavy atom. The van der Waals surface area contributed by atoms with Gasteiger partial charge in [0.05, 0.1) is 4.88 Å². The second-order valence-electron chi connectivity index (χ2n) is 6.45. The Hall–Kier alpha value is -1.68. The number of hydrogen-bond donors (Lipinski definition) is 1. The van der Waals surface area contributed by atoms with Crippen LogP contribution in [0.3, 0.4) is 0 Å². The Labute approximate surface area is 158 Å². The minimum atomic E-state index is 0.565. The van der Waals surface area contributed by atoms with Crippen LogP contribution in [0.15, 0.2) is 54.7 Å². The zero-order valence-corrected chi connectivity index (χ0v) is 16.2. The van der Waals surface area contributed by atoms with E-state index in [4.69, 9.17) is 11.6 Å². The maximum Gasteiger partial charge on any atom is 0.107 e. The zero-order valence-electron chi connectivity index (χ0n) is 14.6. The number of nitrogens with zero attached hydrogens (tertiary/aromatic N) is 1. The average molecular weight is 371 g/mol. The maximum atomic E-state index is 6.01. The molecule has 0 aliphatic rings. The normalized spacial score (nSPS) is 11.2. The summed E-state index contributed by atoms with van der Waals surface area (Å²) in [6, 6.07) is 16.8. The van der Waals surface area contributed by atoms with Crippen LogP contribution in [0.1, 0.15) is 35.9 Å². The van der Waals surface area contributed by atoms with Crippen LogP contribution < -0.4 is 5.32 Å².